The van der Waals surface area contributed by atoms with Crippen molar-refractivity contribution in [3.8, 4) is 0 Å². The lowest BCUT2D eigenvalue weighted by atomic mass is 9.77. The Morgan fingerprint density at radius 2 is 1.82 bits per heavy atom. The fraction of sp³-hybridized carbons (Fsp3) is 0.571. The molecule has 0 aliphatic heterocycles. The second kappa shape index (κ2) is 4.99. The van der Waals surface area contributed by atoms with Crippen LogP contribution >= 0.6 is 15.9 Å². The van der Waals surface area contributed by atoms with Crippen LogP contribution in [0, 0.1) is 0 Å². The number of rotatable bonds is 2. The van der Waals surface area contributed by atoms with Gasteiger partial charge in [-0.25, -0.2) is 0 Å². The molecular weight excluding hydrogens is 276 g/mol. The molecule has 2 N–H and O–H groups in total. The Morgan fingerprint density at radius 1 is 1.18 bits per heavy atom. The average molecular weight is 297 g/mol. The minimum Gasteiger partial charge on any atom is -0.377 e. The standard InChI is InChI=1S/C14H21BrN2/c1-17(2)13-10-11(6-7-12(13)15)14(16)8-4-3-5-9-14/h6-7,10H,3-5,8-9,16H2,1-2H3. The molecule has 0 bridgehead atoms. The van der Waals surface area contributed by atoms with Crippen molar-refractivity contribution in [3.05, 3.63) is 28.2 Å². The van der Waals surface area contributed by atoms with E-state index in [1.807, 2.05) is 0 Å². The lowest BCUT2D eigenvalue weighted by molar-refractivity contribution is 0.302. The molecule has 94 valence electrons. The first-order valence-electron chi connectivity index (χ1n) is 6.29. The molecular formula is C14H21BrN2. The first-order chi connectivity index (χ1) is 8.03. The van der Waals surface area contributed by atoms with Gasteiger partial charge in [-0.2, -0.15) is 0 Å². The Bertz CT molecular complexity index is 395. The topological polar surface area (TPSA) is 29.3 Å². The maximum atomic E-state index is 6.57. The van der Waals surface area contributed by atoms with Crippen molar-refractivity contribution in [2.24, 2.45) is 5.73 Å². The summed E-state index contributed by atoms with van der Waals surface area (Å²) in [5.74, 6) is 0. The second-order valence-electron chi connectivity index (χ2n) is 5.28. The van der Waals surface area contributed by atoms with E-state index in [0.29, 0.717) is 0 Å². The summed E-state index contributed by atoms with van der Waals surface area (Å²) in [6.45, 7) is 0. The van der Waals surface area contributed by atoms with Crippen molar-refractivity contribution < 1.29 is 0 Å². The zero-order chi connectivity index (χ0) is 12.5. The highest BCUT2D eigenvalue weighted by Crippen LogP contribution is 2.37. The highest BCUT2D eigenvalue weighted by molar-refractivity contribution is 9.10. The minimum atomic E-state index is -0.107. The molecule has 1 aromatic rings. The van der Waals surface area contributed by atoms with Crippen molar-refractivity contribution in [2.75, 3.05) is 19.0 Å². The molecule has 0 radical (unpaired) electrons. The van der Waals surface area contributed by atoms with E-state index in [0.717, 1.165) is 17.3 Å². The van der Waals surface area contributed by atoms with Gasteiger partial charge in [-0.1, -0.05) is 25.3 Å². The zero-order valence-electron chi connectivity index (χ0n) is 10.7. The first-order valence-corrected chi connectivity index (χ1v) is 7.08. The highest BCUT2D eigenvalue weighted by Gasteiger charge is 2.29. The Balaban J connectivity index is 2.35. The minimum absolute atomic E-state index is 0.107. The first kappa shape index (κ1) is 12.9. The van der Waals surface area contributed by atoms with Crippen LogP contribution in [0.25, 0.3) is 0 Å². The average Bonchev–Trinajstić information content (AvgIpc) is 2.30. The van der Waals surface area contributed by atoms with Crippen LogP contribution in [0.5, 0.6) is 0 Å². The number of benzene rings is 1. The fourth-order valence-electron chi connectivity index (χ4n) is 2.64. The van der Waals surface area contributed by atoms with Gasteiger partial charge in [-0.3, -0.25) is 0 Å². The number of hydrogen-bond donors (Lipinski definition) is 1. The molecule has 2 nitrogen and oxygen atoms in total. The van der Waals surface area contributed by atoms with Gasteiger partial charge < -0.3 is 10.6 Å². The summed E-state index contributed by atoms with van der Waals surface area (Å²) in [5, 5.41) is 0. The number of hydrogen-bond acceptors (Lipinski definition) is 2. The third kappa shape index (κ3) is 2.66. The number of nitrogens with two attached hydrogens (primary N) is 1. The van der Waals surface area contributed by atoms with Crippen LogP contribution in [0.15, 0.2) is 22.7 Å². The van der Waals surface area contributed by atoms with E-state index >= 15 is 0 Å². The molecule has 0 heterocycles. The summed E-state index contributed by atoms with van der Waals surface area (Å²) in [7, 11) is 4.13. The maximum Gasteiger partial charge on any atom is 0.0508 e. The van der Waals surface area contributed by atoms with Gasteiger partial charge >= 0.3 is 0 Å². The summed E-state index contributed by atoms with van der Waals surface area (Å²) < 4.78 is 1.13. The summed E-state index contributed by atoms with van der Waals surface area (Å²) in [5.41, 5.74) is 8.95. The quantitative estimate of drug-likeness (QED) is 0.903. The maximum absolute atomic E-state index is 6.57. The predicted octanol–water partition coefficient (Wildman–Crippen LogP) is 3.63. The van der Waals surface area contributed by atoms with Gasteiger partial charge in [0.05, 0.1) is 5.69 Å². The predicted molar refractivity (Wildman–Crippen MR) is 77.4 cm³/mol. The van der Waals surface area contributed by atoms with Gasteiger partial charge in [0, 0.05) is 24.1 Å². The van der Waals surface area contributed by atoms with Crippen LogP contribution in [0.3, 0.4) is 0 Å². The summed E-state index contributed by atoms with van der Waals surface area (Å²) in [4.78, 5) is 2.12. The summed E-state index contributed by atoms with van der Waals surface area (Å²) in [6, 6.07) is 6.52. The molecule has 1 saturated carbocycles. The molecule has 0 aromatic heterocycles. The molecule has 0 unspecified atom stereocenters. The van der Waals surface area contributed by atoms with Gasteiger partial charge in [0.2, 0.25) is 0 Å². The fourth-order valence-corrected chi connectivity index (χ4v) is 3.24. The normalized spacial score (nSPS) is 19.1. The molecule has 0 atom stereocenters. The van der Waals surface area contributed by atoms with E-state index in [-0.39, 0.29) is 5.54 Å². The van der Waals surface area contributed by atoms with Crippen LogP contribution in [0.4, 0.5) is 5.69 Å². The van der Waals surface area contributed by atoms with Gasteiger partial charge in [-0.05, 0) is 46.5 Å². The van der Waals surface area contributed by atoms with Gasteiger partial charge in [0.15, 0.2) is 0 Å². The monoisotopic (exact) mass is 296 g/mol. The molecule has 0 spiro atoms. The van der Waals surface area contributed by atoms with Gasteiger partial charge in [-0.15, -0.1) is 0 Å². The largest absolute Gasteiger partial charge is 0.377 e. The Kier molecular flexibility index (Phi) is 3.79. The van der Waals surface area contributed by atoms with Crippen LogP contribution in [0.1, 0.15) is 37.7 Å². The van der Waals surface area contributed by atoms with Crippen LogP contribution in [-0.4, -0.2) is 14.1 Å². The SMILES string of the molecule is CN(C)c1cc(C2(N)CCCCC2)ccc1Br. The number of halogens is 1. The number of nitrogens with zero attached hydrogens (tertiary/aromatic N) is 1. The molecule has 0 saturated heterocycles. The van der Waals surface area contributed by atoms with E-state index in [9.17, 15) is 0 Å². The van der Waals surface area contributed by atoms with Crippen LogP contribution in [0.2, 0.25) is 0 Å². The Hall–Kier alpha value is -0.540. The number of anilines is 1. The smallest absolute Gasteiger partial charge is 0.0508 e. The Labute approximate surface area is 112 Å². The lowest BCUT2D eigenvalue weighted by Gasteiger charge is -2.34. The third-order valence-electron chi connectivity index (χ3n) is 3.75. The van der Waals surface area contributed by atoms with E-state index < -0.39 is 0 Å². The molecule has 2 rings (SSSR count). The molecule has 1 aliphatic rings. The molecule has 1 aromatic carbocycles. The third-order valence-corrected chi connectivity index (χ3v) is 4.42. The van der Waals surface area contributed by atoms with Crippen molar-refractivity contribution in [2.45, 2.75) is 37.6 Å². The van der Waals surface area contributed by atoms with Crippen molar-refractivity contribution in [1.82, 2.24) is 0 Å². The van der Waals surface area contributed by atoms with Crippen molar-refractivity contribution in [3.63, 3.8) is 0 Å². The zero-order valence-corrected chi connectivity index (χ0v) is 12.3. The van der Waals surface area contributed by atoms with Crippen molar-refractivity contribution in [1.29, 1.82) is 0 Å². The van der Waals surface area contributed by atoms with E-state index in [4.69, 9.17) is 5.73 Å². The van der Waals surface area contributed by atoms with E-state index in [2.05, 4.69) is 53.1 Å². The molecule has 17 heavy (non-hydrogen) atoms. The van der Waals surface area contributed by atoms with E-state index in [1.165, 1.54) is 30.5 Å². The second-order valence-corrected chi connectivity index (χ2v) is 6.13. The summed E-state index contributed by atoms with van der Waals surface area (Å²) in [6.07, 6.45) is 6.06. The van der Waals surface area contributed by atoms with Crippen molar-refractivity contribution >= 4 is 21.6 Å². The highest BCUT2D eigenvalue weighted by atomic mass is 79.9. The Morgan fingerprint density at radius 3 is 2.41 bits per heavy atom. The van der Waals surface area contributed by atoms with Crippen LogP contribution in [-0.2, 0) is 5.54 Å². The molecule has 1 aliphatic carbocycles. The molecule has 3 heteroatoms. The molecule has 1 fully saturated rings. The van der Waals surface area contributed by atoms with Gasteiger partial charge in [0.25, 0.3) is 0 Å². The van der Waals surface area contributed by atoms with E-state index in [1.54, 1.807) is 0 Å². The summed E-state index contributed by atoms with van der Waals surface area (Å²) >= 11 is 3.59. The van der Waals surface area contributed by atoms with Crippen LogP contribution < -0.4 is 10.6 Å². The van der Waals surface area contributed by atoms with Gasteiger partial charge in [0.1, 0.15) is 0 Å². The lowest BCUT2D eigenvalue weighted by Crippen LogP contribution is -2.38. The molecule has 0 amide bonds.